The number of hydrogen-bond donors (Lipinski definition) is 0. The van der Waals surface area contributed by atoms with Crippen LogP contribution in [-0.2, 0) is 6.54 Å². The first-order valence-corrected chi connectivity index (χ1v) is 7.00. The number of Topliss-reactive ketones (excluding diaryl/α,β-unsaturated/α-hetero) is 1. The minimum atomic E-state index is -0.536. The number of halogens is 1. The lowest BCUT2D eigenvalue weighted by atomic mass is 10.1. The minimum Gasteiger partial charge on any atom is -0.292 e. The Hall–Kier alpha value is -2.26. The lowest BCUT2D eigenvalue weighted by molar-refractivity contribution is 0.0965. The van der Waals surface area contributed by atoms with Crippen molar-refractivity contribution in [1.82, 2.24) is 9.78 Å². The van der Waals surface area contributed by atoms with Crippen LogP contribution in [0, 0.1) is 25.2 Å². The van der Waals surface area contributed by atoms with Crippen molar-refractivity contribution in [3.05, 3.63) is 61.5 Å². The van der Waals surface area contributed by atoms with Crippen molar-refractivity contribution in [3.63, 3.8) is 0 Å². The lowest BCUT2D eigenvalue weighted by Gasteiger charge is -2.08. The first kappa shape index (κ1) is 15.1. The van der Waals surface area contributed by atoms with E-state index in [1.807, 2.05) is 6.07 Å². The molecule has 0 bridgehead atoms. The third kappa shape index (κ3) is 3.09. The summed E-state index contributed by atoms with van der Waals surface area (Å²) < 4.78 is 1.91. The van der Waals surface area contributed by atoms with E-state index in [-0.39, 0.29) is 17.9 Å². The maximum absolute atomic E-state index is 12.2. The second kappa shape index (κ2) is 6.02. The first-order valence-electron chi connectivity index (χ1n) is 6.21. The average molecular weight is 346 g/mol. The van der Waals surface area contributed by atoms with Gasteiger partial charge in [-0.1, -0.05) is 28.1 Å². The Bertz CT molecular complexity index is 801. The Morgan fingerprint density at radius 2 is 1.95 bits per heavy atom. The number of ketones is 1. The molecule has 0 aliphatic carbocycles. The standard InChI is InChI=1S/C15H12BrN3O2/c1-9-10(2)18-19(15(21)13(9)7-17)8-14(20)11-3-5-12(16)6-4-11/h3-6H,8H2,1-2H3. The number of nitrogens with zero attached hydrogens (tertiary/aromatic N) is 3. The summed E-state index contributed by atoms with van der Waals surface area (Å²) in [5.41, 5.74) is 1.10. The van der Waals surface area contributed by atoms with Gasteiger partial charge in [0.1, 0.15) is 18.2 Å². The number of rotatable bonds is 3. The van der Waals surface area contributed by atoms with Gasteiger partial charge >= 0.3 is 0 Å². The highest BCUT2D eigenvalue weighted by atomic mass is 79.9. The van der Waals surface area contributed by atoms with E-state index < -0.39 is 5.56 Å². The van der Waals surface area contributed by atoms with E-state index in [4.69, 9.17) is 5.26 Å². The molecule has 1 aromatic heterocycles. The van der Waals surface area contributed by atoms with Gasteiger partial charge in [0.25, 0.3) is 5.56 Å². The maximum Gasteiger partial charge on any atom is 0.285 e. The Labute approximate surface area is 130 Å². The van der Waals surface area contributed by atoms with Gasteiger partial charge in [-0.3, -0.25) is 9.59 Å². The molecule has 0 unspecified atom stereocenters. The van der Waals surface area contributed by atoms with Crippen LogP contribution in [-0.4, -0.2) is 15.6 Å². The fourth-order valence-corrected chi connectivity index (χ4v) is 2.14. The van der Waals surface area contributed by atoms with E-state index >= 15 is 0 Å². The number of carbonyl (C=O) groups is 1. The van der Waals surface area contributed by atoms with Gasteiger partial charge in [-0.15, -0.1) is 0 Å². The van der Waals surface area contributed by atoms with E-state index in [1.165, 1.54) is 0 Å². The van der Waals surface area contributed by atoms with E-state index in [0.717, 1.165) is 9.15 Å². The van der Waals surface area contributed by atoms with Gasteiger partial charge < -0.3 is 0 Å². The SMILES string of the molecule is Cc1nn(CC(=O)c2ccc(Br)cc2)c(=O)c(C#N)c1C. The van der Waals surface area contributed by atoms with Gasteiger partial charge in [-0.25, -0.2) is 4.68 Å². The summed E-state index contributed by atoms with van der Waals surface area (Å²) in [5, 5.41) is 13.1. The summed E-state index contributed by atoms with van der Waals surface area (Å²) in [6.45, 7) is 3.19. The molecule has 0 fully saturated rings. The van der Waals surface area contributed by atoms with E-state index in [2.05, 4.69) is 21.0 Å². The molecule has 1 heterocycles. The van der Waals surface area contributed by atoms with Gasteiger partial charge in [0.05, 0.1) is 5.69 Å². The van der Waals surface area contributed by atoms with Crippen LogP contribution in [0.4, 0.5) is 0 Å². The molecular formula is C15H12BrN3O2. The van der Waals surface area contributed by atoms with Crippen LogP contribution in [0.2, 0.25) is 0 Å². The predicted octanol–water partition coefficient (Wildman–Crippen LogP) is 2.38. The molecule has 2 aromatic rings. The summed E-state index contributed by atoms with van der Waals surface area (Å²) in [5.74, 6) is -0.232. The number of nitriles is 1. The summed E-state index contributed by atoms with van der Waals surface area (Å²) in [4.78, 5) is 24.3. The lowest BCUT2D eigenvalue weighted by Crippen LogP contribution is -2.30. The zero-order chi connectivity index (χ0) is 15.6. The van der Waals surface area contributed by atoms with Crippen molar-refractivity contribution < 1.29 is 4.79 Å². The van der Waals surface area contributed by atoms with Crippen LogP contribution in [0.3, 0.4) is 0 Å². The van der Waals surface area contributed by atoms with Crippen molar-refractivity contribution in [2.75, 3.05) is 0 Å². The number of aromatic nitrogens is 2. The van der Waals surface area contributed by atoms with Crippen LogP contribution < -0.4 is 5.56 Å². The molecule has 0 saturated heterocycles. The number of carbonyl (C=O) groups excluding carboxylic acids is 1. The van der Waals surface area contributed by atoms with Crippen molar-refractivity contribution >= 4 is 21.7 Å². The molecule has 0 saturated carbocycles. The van der Waals surface area contributed by atoms with Crippen molar-refractivity contribution in [2.45, 2.75) is 20.4 Å². The summed E-state index contributed by atoms with van der Waals surface area (Å²) >= 11 is 3.29. The molecule has 6 heteroatoms. The van der Waals surface area contributed by atoms with E-state index in [9.17, 15) is 9.59 Å². The first-order chi connectivity index (χ1) is 9.93. The minimum absolute atomic E-state index is 0.0334. The third-order valence-corrected chi connectivity index (χ3v) is 3.74. The monoisotopic (exact) mass is 345 g/mol. The second-order valence-electron chi connectivity index (χ2n) is 4.59. The highest BCUT2D eigenvalue weighted by Gasteiger charge is 2.14. The largest absolute Gasteiger partial charge is 0.292 e. The smallest absolute Gasteiger partial charge is 0.285 e. The average Bonchev–Trinajstić information content (AvgIpc) is 2.46. The molecule has 0 radical (unpaired) electrons. The zero-order valence-electron chi connectivity index (χ0n) is 11.6. The Morgan fingerprint density at radius 1 is 1.33 bits per heavy atom. The molecule has 2 rings (SSSR count). The van der Waals surface area contributed by atoms with Crippen LogP contribution in [0.1, 0.15) is 27.2 Å². The van der Waals surface area contributed by atoms with Crippen LogP contribution in [0.25, 0.3) is 0 Å². The van der Waals surface area contributed by atoms with Gasteiger partial charge in [0, 0.05) is 10.0 Å². The molecule has 106 valence electrons. The molecule has 0 aliphatic rings. The van der Waals surface area contributed by atoms with Crippen molar-refractivity contribution in [1.29, 1.82) is 5.26 Å². The normalized spacial score (nSPS) is 10.2. The zero-order valence-corrected chi connectivity index (χ0v) is 13.1. The fraction of sp³-hybridized carbons (Fsp3) is 0.200. The highest BCUT2D eigenvalue weighted by Crippen LogP contribution is 2.11. The van der Waals surface area contributed by atoms with Gasteiger partial charge in [0.15, 0.2) is 5.78 Å². The molecular weight excluding hydrogens is 334 g/mol. The molecule has 0 spiro atoms. The Kier molecular flexibility index (Phi) is 4.34. The molecule has 0 amide bonds. The fourth-order valence-electron chi connectivity index (χ4n) is 1.87. The van der Waals surface area contributed by atoms with Crippen molar-refractivity contribution in [2.24, 2.45) is 0 Å². The highest BCUT2D eigenvalue weighted by molar-refractivity contribution is 9.10. The summed E-state index contributed by atoms with van der Waals surface area (Å²) in [6.07, 6.45) is 0. The quantitative estimate of drug-likeness (QED) is 0.800. The molecule has 5 nitrogen and oxygen atoms in total. The molecule has 21 heavy (non-hydrogen) atoms. The number of aryl methyl sites for hydroxylation is 1. The molecule has 0 N–H and O–H groups in total. The van der Waals surface area contributed by atoms with E-state index in [1.54, 1.807) is 38.1 Å². The van der Waals surface area contributed by atoms with Crippen molar-refractivity contribution in [3.8, 4) is 6.07 Å². The maximum atomic E-state index is 12.2. The molecule has 0 aliphatic heterocycles. The molecule has 0 atom stereocenters. The Morgan fingerprint density at radius 3 is 2.52 bits per heavy atom. The van der Waals surface area contributed by atoms with E-state index in [0.29, 0.717) is 16.8 Å². The Balaban J connectivity index is 2.39. The second-order valence-corrected chi connectivity index (χ2v) is 5.51. The number of benzene rings is 1. The van der Waals surface area contributed by atoms with Gasteiger partial charge in [-0.2, -0.15) is 10.4 Å². The predicted molar refractivity (Wildman–Crippen MR) is 81.2 cm³/mol. The topological polar surface area (TPSA) is 75.8 Å². The van der Waals surface area contributed by atoms with Crippen LogP contribution in [0.15, 0.2) is 33.5 Å². The third-order valence-electron chi connectivity index (χ3n) is 3.21. The summed E-state index contributed by atoms with van der Waals surface area (Å²) in [6, 6.07) is 8.72. The van der Waals surface area contributed by atoms with Gasteiger partial charge in [-0.05, 0) is 31.5 Å². The number of hydrogen-bond acceptors (Lipinski definition) is 4. The molecule has 1 aromatic carbocycles. The van der Waals surface area contributed by atoms with Gasteiger partial charge in [0.2, 0.25) is 0 Å². The van der Waals surface area contributed by atoms with Crippen LogP contribution >= 0.6 is 15.9 Å². The summed E-state index contributed by atoms with van der Waals surface area (Å²) in [7, 11) is 0. The van der Waals surface area contributed by atoms with Crippen LogP contribution in [0.5, 0.6) is 0 Å².